The Balaban J connectivity index is 2.81. The van der Waals surface area contributed by atoms with Crippen LogP contribution in [0.3, 0.4) is 0 Å². The number of nitrogens with zero attached hydrogens (tertiary/aromatic N) is 2. The first-order valence-electron chi connectivity index (χ1n) is 6.68. The van der Waals surface area contributed by atoms with E-state index in [1.165, 1.54) is 16.8 Å². The van der Waals surface area contributed by atoms with Gasteiger partial charge in [0.1, 0.15) is 11.2 Å². The Morgan fingerprint density at radius 3 is 2.57 bits per heavy atom. The van der Waals surface area contributed by atoms with Crippen LogP contribution in [0.2, 0.25) is 5.15 Å². The van der Waals surface area contributed by atoms with Crippen LogP contribution >= 0.6 is 11.6 Å². The highest BCUT2D eigenvalue weighted by Gasteiger charge is 2.24. The highest BCUT2D eigenvalue weighted by atomic mass is 35.5. The molecule has 1 amide bonds. The lowest BCUT2D eigenvalue weighted by Gasteiger charge is -2.19. The fourth-order valence-electron chi connectivity index (χ4n) is 1.88. The normalized spacial score (nSPS) is 14.1. The van der Waals surface area contributed by atoms with Gasteiger partial charge in [0.2, 0.25) is 5.91 Å². The molecule has 0 unspecified atom stereocenters. The molecule has 0 spiro atoms. The summed E-state index contributed by atoms with van der Waals surface area (Å²) in [6.45, 7) is 5.44. The Morgan fingerprint density at radius 2 is 2.14 bits per heavy atom. The first-order valence-corrected chi connectivity index (χ1v) is 7.06. The molecule has 7 heteroatoms. The van der Waals surface area contributed by atoms with Gasteiger partial charge in [-0.2, -0.15) is 5.10 Å². The number of carboxylic acid groups (broad SMARTS) is 1. The molecule has 0 bridgehead atoms. The van der Waals surface area contributed by atoms with Crippen molar-refractivity contribution in [2.45, 2.75) is 33.2 Å². The Morgan fingerprint density at radius 1 is 1.52 bits per heavy atom. The molecule has 116 valence electrons. The summed E-state index contributed by atoms with van der Waals surface area (Å²) >= 11 is 6.05. The van der Waals surface area contributed by atoms with Gasteiger partial charge in [0.05, 0.1) is 5.69 Å². The van der Waals surface area contributed by atoms with Gasteiger partial charge in [0, 0.05) is 18.7 Å². The lowest BCUT2D eigenvalue weighted by Crippen LogP contribution is -2.44. The molecule has 0 aliphatic rings. The molecule has 0 aromatic carbocycles. The molecule has 1 aromatic rings. The molecule has 6 nitrogen and oxygen atoms in total. The quantitative estimate of drug-likeness (QED) is 0.787. The maximum atomic E-state index is 11.8. The van der Waals surface area contributed by atoms with Crippen molar-refractivity contribution >= 4 is 29.6 Å². The van der Waals surface area contributed by atoms with Gasteiger partial charge in [0.25, 0.3) is 0 Å². The Kier molecular flexibility index (Phi) is 5.96. The molecule has 21 heavy (non-hydrogen) atoms. The van der Waals surface area contributed by atoms with E-state index in [1.807, 2.05) is 6.92 Å². The summed E-state index contributed by atoms with van der Waals surface area (Å²) in [5.41, 5.74) is 1.34. The van der Waals surface area contributed by atoms with Crippen molar-refractivity contribution in [1.82, 2.24) is 15.1 Å². The minimum atomic E-state index is -1.04. The second-order valence-electron chi connectivity index (χ2n) is 4.96. The first kappa shape index (κ1) is 17.2. The van der Waals surface area contributed by atoms with E-state index in [2.05, 4.69) is 10.4 Å². The zero-order chi connectivity index (χ0) is 16.2. The number of aryl methyl sites for hydroxylation is 2. The number of nitrogens with one attached hydrogen (secondary N) is 1. The summed E-state index contributed by atoms with van der Waals surface area (Å²) in [6, 6.07) is -0.905. The molecule has 0 radical (unpaired) electrons. The number of amides is 1. The molecule has 0 saturated carbocycles. The van der Waals surface area contributed by atoms with Crippen molar-refractivity contribution in [3.05, 3.63) is 22.5 Å². The highest BCUT2D eigenvalue weighted by molar-refractivity contribution is 6.31. The molecular weight excluding hydrogens is 294 g/mol. The van der Waals surface area contributed by atoms with Crippen LogP contribution in [0.1, 0.15) is 31.5 Å². The molecule has 2 atom stereocenters. The molecule has 0 saturated heterocycles. The lowest BCUT2D eigenvalue weighted by atomic mass is 9.99. The molecule has 1 heterocycles. The third-order valence-corrected chi connectivity index (χ3v) is 3.82. The first-order chi connectivity index (χ1) is 9.77. The molecule has 1 aromatic heterocycles. The predicted octanol–water partition coefficient (Wildman–Crippen LogP) is 2.01. The van der Waals surface area contributed by atoms with Gasteiger partial charge in [0.15, 0.2) is 0 Å². The molecule has 0 fully saturated rings. The van der Waals surface area contributed by atoms with E-state index in [9.17, 15) is 9.59 Å². The number of carbonyl (C=O) groups excluding carboxylic acids is 1. The molecule has 0 aliphatic heterocycles. The van der Waals surface area contributed by atoms with Crippen molar-refractivity contribution in [3.63, 3.8) is 0 Å². The van der Waals surface area contributed by atoms with Gasteiger partial charge in [-0.1, -0.05) is 31.9 Å². The SMILES string of the molecule is CC[C@H](C)[C@H](NC(=O)/C=C/c1c(C)nn(C)c1Cl)C(=O)O. The Bertz CT molecular complexity index is 566. The third kappa shape index (κ3) is 4.32. The van der Waals surface area contributed by atoms with E-state index in [-0.39, 0.29) is 5.92 Å². The van der Waals surface area contributed by atoms with E-state index in [4.69, 9.17) is 16.7 Å². The zero-order valence-corrected chi connectivity index (χ0v) is 13.3. The average molecular weight is 314 g/mol. The second kappa shape index (κ2) is 7.26. The monoisotopic (exact) mass is 313 g/mol. The topological polar surface area (TPSA) is 84.2 Å². The number of hydrogen-bond acceptors (Lipinski definition) is 3. The van der Waals surface area contributed by atoms with Gasteiger partial charge >= 0.3 is 5.97 Å². The summed E-state index contributed by atoms with van der Waals surface area (Å²) in [6.07, 6.45) is 3.47. The molecule has 0 aliphatic carbocycles. The minimum Gasteiger partial charge on any atom is -0.480 e. The van der Waals surface area contributed by atoms with Gasteiger partial charge in [-0.25, -0.2) is 4.79 Å². The van der Waals surface area contributed by atoms with Crippen molar-refractivity contribution in [2.24, 2.45) is 13.0 Å². The van der Waals surface area contributed by atoms with Crippen LogP contribution in [-0.2, 0) is 16.6 Å². The lowest BCUT2D eigenvalue weighted by molar-refractivity contribution is -0.142. The van der Waals surface area contributed by atoms with Crippen LogP contribution in [0.25, 0.3) is 6.08 Å². The number of hydrogen-bond donors (Lipinski definition) is 2. The standard InChI is InChI=1S/C14H20ClN3O3/c1-5-8(2)12(14(20)21)16-11(19)7-6-10-9(3)17-18(4)13(10)15/h6-8,12H,5H2,1-4H3,(H,16,19)(H,20,21)/b7-6+/t8-,12-/m0/s1. The van der Waals surface area contributed by atoms with Crippen LogP contribution in [0.5, 0.6) is 0 Å². The van der Waals surface area contributed by atoms with E-state index >= 15 is 0 Å². The van der Waals surface area contributed by atoms with Gasteiger partial charge in [-0.3, -0.25) is 9.48 Å². The summed E-state index contributed by atoms with van der Waals surface area (Å²) in [7, 11) is 1.70. The van der Waals surface area contributed by atoms with Gasteiger partial charge in [-0.05, 0) is 18.9 Å². The Labute approximate surface area is 128 Å². The van der Waals surface area contributed by atoms with Gasteiger partial charge < -0.3 is 10.4 Å². The van der Waals surface area contributed by atoms with Crippen molar-refractivity contribution < 1.29 is 14.7 Å². The smallest absolute Gasteiger partial charge is 0.326 e. The number of rotatable bonds is 6. The summed E-state index contributed by atoms with van der Waals surface area (Å²) in [5.74, 6) is -1.66. The van der Waals surface area contributed by atoms with Crippen molar-refractivity contribution in [3.8, 4) is 0 Å². The average Bonchev–Trinajstić information content (AvgIpc) is 2.66. The maximum absolute atomic E-state index is 11.8. The van der Waals surface area contributed by atoms with Gasteiger partial charge in [-0.15, -0.1) is 0 Å². The third-order valence-electron chi connectivity index (χ3n) is 3.37. The Hall–Kier alpha value is -1.82. The molecule has 2 N–H and O–H groups in total. The number of carboxylic acids is 1. The van der Waals surface area contributed by atoms with Crippen molar-refractivity contribution in [2.75, 3.05) is 0 Å². The van der Waals surface area contributed by atoms with E-state index in [0.29, 0.717) is 22.8 Å². The predicted molar refractivity (Wildman–Crippen MR) is 81.0 cm³/mol. The minimum absolute atomic E-state index is 0.149. The van der Waals surface area contributed by atoms with Crippen LogP contribution in [-0.4, -0.2) is 32.8 Å². The number of carbonyl (C=O) groups is 2. The fourth-order valence-corrected chi connectivity index (χ4v) is 2.12. The summed E-state index contributed by atoms with van der Waals surface area (Å²) < 4.78 is 1.51. The van der Waals surface area contributed by atoms with Crippen molar-refractivity contribution in [1.29, 1.82) is 0 Å². The number of aromatic nitrogens is 2. The summed E-state index contributed by atoms with van der Waals surface area (Å²) in [4.78, 5) is 23.0. The molecular formula is C14H20ClN3O3. The fraction of sp³-hybridized carbons (Fsp3) is 0.500. The van der Waals surface area contributed by atoms with Crippen LogP contribution < -0.4 is 5.32 Å². The largest absolute Gasteiger partial charge is 0.480 e. The van der Waals surface area contributed by atoms with Crippen LogP contribution in [0.4, 0.5) is 0 Å². The maximum Gasteiger partial charge on any atom is 0.326 e. The van der Waals surface area contributed by atoms with Crippen LogP contribution in [0.15, 0.2) is 6.08 Å². The zero-order valence-electron chi connectivity index (χ0n) is 12.6. The summed E-state index contributed by atoms with van der Waals surface area (Å²) in [5, 5.41) is 16.2. The number of halogens is 1. The van der Waals surface area contributed by atoms with E-state index < -0.39 is 17.9 Å². The highest BCUT2D eigenvalue weighted by Crippen LogP contribution is 2.19. The second-order valence-corrected chi connectivity index (χ2v) is 5.31. The van der Waals surface area contributed by atoms with Crippen LogP contribution in [0, 0.1) is 12.8 Å². The number of aliphatic carboxylic acids is 1. The van der Waals surface area contributed by atoms with E-state index in [1.54, 1.807) is 20.9 Å². The van der Waals surface area contributed by atoms with E-state index in [0.717, 1.165) is 0 Å². The molecule has 1 rings (SSSR count).